The Hall–Kier alpha value is -1.12. The molecule has 0 heterocycles. The summed E-state index contributed by atoms with van der Waals surface area (Å²) in [4.78, 5) is 0. The highest BCUT2D eigenvalue weighted by Crippen LogP contribution is 2.15. The second-order valence-electron chi connectivity index (χ2n) is 3.14. The normalized spacial score (nSPS) is 15.0. The third kappa shape index (κ3) is 2.41. The summed E-state index contributed by atoms with van der Waals surface area (Å²) in [5.41, 5.74) is 7.74. The first-order valence-corrected chi connectivity index (χ1v) is 4.31. The van der Waals surface area contributed by atoms with Crippen molar-refractivity contribution in [1.82, 2.24) is 0 Å². The molecule has 0 aliphatic heterocycles. The standard InChI is InChI=1S/C11H15NO/c1-3-9-5-4-6-10(7-9)11(12)8(2)13/h3-8,11,13H,1,12H2,2H3/t8-,11+/m0/s1. The van der Waals surface area contributed by atoms with E-state index in [0.29, 0.717) is 0 Å². The Kier molecular flexibility index (Phi) is 3.23. The maximum Gasteiger partial charge on any atom is 0.0704 e. The van der Waals surface area contributed by atoms with Crippen molar-refractivity contribution in [3.63, 3.8) is 0 Å². The summed E-state index contributed by atoms with van der Waals surface area (Å²) in [7, 11) is 0. The minimum Gasteiger partial charge on any atom is -0.391 e. The molecule has 0 radical (unpaired) electrons. The minimum atomic E-state index is -0.528. The molecule has 0 aromatic heterocycles. The fraction of sp³-hybridized carbons (Fsp3) is 0.273. The molecular weight excluding hydrogens is 162 g/mol. The van der Waals surface area contributed by atoms with E-state index in [1.807, 2.05) is 24.3 Å². The molecule has 1 aromatic carbocycles. The van der Waals surface area contributed by atoms with E-state index in [1.54, 1.807) is 13.0 Å². The second-order valence-corrected chi connectivity index (χ2v) is 3.14. The van der Waals surface area contributed by atoms with Gasteiger partial charge in [0.2, 0.25) is 0 Å². The third-order valence-electron chi connectivity index (χ3n) is 2.05. The van der Waals surface area contributed by atoms with Crippen LogP contribution >= 0.6 is 0 Å². The van der Waals surface area contributed by atoms with Crippen LogP contribution < -0.4 is 5.73 Å². The molecule has 2 nitrogen and oxygen atoms in total. The van der Waals surface area contributed by atoms with Crippen LogP contribution in [0.1, 0.15) is 24.1 Å². The predicted octanol–water partition coefficient (Wildman–Crippen LogP) is 1.71. The van der Waals surface area contributed by atoms with Crippen molar-refractivity contribution in [2.45, 2.75) is 19.1 Å². The van der Waals surface area contributed by atoms with Crippen molar-refractivity contribution >= 4 is 6.08 Å². The summed E-state index contributed by atoms with van der Waals surface area (Å²) in [5.74, 6) is 0. The highest BCUT2D eigenvalue weighted by atomic mass is 16.3. The van der Waals surface area contributed by atoms with Crippen molar-refractivity contribution in [2.75, 3.05) is 0 Å². The number of hydrogen-bond acceptors (Lipinski definition) is 2. The molecule has 1 rings (SSSR count). The van der Waals surface area contributed by atoms with E-state index in [1.165, 1.54) is 0 Å². The SMILES string of the molecule is C=Cc1cccc([C@H](N)[C@H](C)O)c1. The van der Waals surface area contributed by atoms with Crippen LogP contribution in [0.5, 0.6) is 0 Å². The fourth-order valence-corrected chi connectivity index (χ4v) is 1.17. The van der Waals surface area contributed by atoms with Gasteiger partial charge in [0, 0.05) is 0 Å². The van der Waals surface area contributed by atoms with Crippen LogP contribution in [-0.2, 0) is 0 Å². The van der Waals surface area contributed by atoms with E-state index in [2.05, 4.69) is 6.58 Å². The van der Waals surface area contributed by atoms with Gasteiger partial charge >= 0.3 is 0 Å². The smallest absolute Gasteiger partial charge is 0.0704 e. The molecule has 2 atom stereocenters. The molecule has 2 heteroatoms. The lowest BCUT2D eigenvalue weighted by Crippen LogP contribution is -2.23. The summed E-state index contributed by atoms with van der Waals surface area (Å²) in [6.07, 6.45) is 1.23. The van der Waals surface area contributed by atoms with Crippen LogP contribution in [0.15, 0.2) is 30.8 Å². The van der Waals surface area contributed by atoms with Crippen LogP contribution in [0.3, 0.4) is 0 Å². The van der Waals surface area contributed by atoms with E-state index < -0.39 is 6.10 Å². The third-order valence-corrected chi connectivity index (χ3v) is 2.05. The van der Waals surface area contributed by atoms with Gasteiger partial charge in [-0.15, -0.1) is 0 Å². The van der Waals surface area contributed by atoms with Gasteiger partial charge in [0.1, 0.15) is 0 Å². The molecule has 0 saturated carbocycles. The van der Waals surface area contributed by atoms with E-state index in [-0.39, 0.29) is 6.04 Å². The largest absolute Gasteiger partial charge is 0.391 e. The van der Waals surface area contributed by atoms with Gasteiger partial charge in [0.15, 0.2) is 0 Å². The monoisotopic (exact) mass is 177 g/mol. The lowest BCUT2D eigenvalue weighted by Gasteiger charge is -2.15. The first kappa shape index (κ1) is 9.96. The molecule has 0 aliphatic rings. The first-order chi connectivity index (χ1) is 6.15. The van der Waals surface area contributed by atoms with Gasteiger partial charge in [-0.25, -0.2) is 0 Å². The van der Waals surface area contributed by atoms with Crippen LogP contribution in [0.2, 0.25) is 0 Å². The fourth-order valence-electron chi connectivity index (χ4n) is 1.17. The summed E-state index contributed by atoms with van der Waals surface area (Å²) < 4.78 is 0. The molecule has 3 N–H and O–H groups in total. The summed E-state index contributed by atoms with van der Waals surface area (Å²) in [5, 5.41) is 9.29. The zero-order valence-corrected chi connectivity index (χ0v) is 7.77. The lowest BCUT2D eigenvalue weighted by molar-refractivity contribution is 0.164. The number of hydrogen-bond donors (Lipinski definition) is 2. The van der Waals surface area contributed by atoms with Crippen molar-refractivity contribution in [2.24, 2.45) is 5.73 Å². The Bertz CT molecular complexity index is 294. The molecule has 0 unspecified atom stereocenters. The van der Waals surface area contributed by atoms with E-state index in [4.69, 9.17) is 5.73 Å². The topological polar surface area (TPSA) is 46.2 Å². The zero-order valence-electron chi connectivity index (χ0n) is 7.77. The number of nitrogens with two attached hydrogens (primary N) is 1. The molecule has 0 spiro atoms. The van der Waals surface area contributed by atoms with E-state index in [0.717, 1.165) is 11.1 Å². The Balaban J connectivity index is 2.94. The summed E-state index contributed by atoms with van der Waals surface area (Å²) >= 11 is 0. The Labute approximate surface area is 78.7 Å². The predicted molar refractivity (Wildman–Crippen MR) is 55.1 cm³/mol. The molecule has 0 bridgehead atoms. The van der Waals surface area contributed by atoms with Gasteiger partial charge in [0.25, 0.3) is 0 Å². The number of rotatable bonds is 3. The van der Waals surface area contributed by atoms with Crippen LogP contribution in [0.25, 0.3) is 6.08 Å². The zero-order chi connectivity index (χ0) is 9.84. The average molecular weight is 177 g/mol. The first-order valence-electron chi connectivity index (χ1n) is 4.31. The molecule has 0 saturated heterocycles. The van der Waals surface area contributed by atoms with Crippen molar-refractivity contribution < 1.29 is 5.11 Å². The van der Waals surface area contributed by atoms with Gasteiger partial charge < -0.3 is 10.8 Å². The van der Waals surface area contributed by atoms with Crippen molar-refractivity contribution in [3.05, 3.63) is 42.0 Å². The highest BCUT2D eigenvalue weighted by Gasteiger charge is 2.11. The molecular formula is C11H15NO. The van der Waals surface area contributed by atoms with Crippen molar-refractivity contribution in [3.8, 4) is 0 Å². The van der Waals surface area contributed by atoms with E-state index in [9.17, 15) is 5.11 Å². The van der Waals surface area contributed by atoms with Crippen molar-refractivity contribution in [1.29, 1.82) is 0 Å². The maximum absolute atomic E-state index is 9.29. The Morgan fingerprint density at radius 2 is 2.23 bits per heavy atom. The Morgan fingerprint density at radius 1 is 1.54 bits per heavy atom. The van der Waals surface area contributed by atoms with Gasteiger partial charge in [-0.05, 0) is 18.1 Å². The Morgan fingerprint density at radius 3 is 2.77 bits per heavy atom. The summed E-state index contributed by atoms with van der Waals surface area (Å²) in [6.45, 7) is 5.36. The minimum absolute atomic E-state index is 0.320. The highest BCUT2D eigenvalue weighted by molar-refractivity contribution is 5.48. The average Bonchev–Trinajstić information content (AvgIpc) is 2.16. The second kappa shape index (κ2) is 4.21. The molecule has 0 fully saturated rings. The van der Waals surface area contributed by atoms with Gasteiger partial charge in [-0.3, -0.25) is 0 Å². The molecule has 13 heavy (non-hydrogen) atoms. The molecule has 0 aliphatic carbocycles. The van der Waals surface area contributed by atoms with Crippen LogP contribution in [0, 0.1) is 0 Å². The molecule has 70 valence electrons. The lowest BCUT2D eigenvalue weighted by atomic mass is 10.0. The molecule has 1 aromatic rings. The van der Waals surface area contributed by atoms with Gasteiger partial charge in [0.05, 0.1) is 12.1 Å². The summed E-state index contributed by atoms with van der Waals surface area (Å²) in [6, 6.07) is 7.38. The maximum atomic E-state index is 9.29. The number of aliphatic hydroxyl groups is 1. The molecule has 0 amide bonds. The van der Waals surface area contributed by atoms with Gasteiger partial charge in [-0.2, -0.15) is 0 Å². The number of aliphatic hydroxyl groups excluding tert-OH is 1. The van der Waals surface area contributed by atoms with Crippen LogP contribution in [0.4, 0.5) is 0 Å². The number of benzene rings is 1. The van der Waals surface area contributed by atoms with Crippen LogP contribution in [-0.4, -0.2) is 11.2 Å². The van der Waals surface area contributed by atoms with E-state index >= 15 is 0 Å². The van der Waals surface area contributed by atoms with Gasteiger partial charge in [-0.1, -0.05) is 36.9 Å². The quantitative estimate of drug-likeness (QED) is 0.738.